The van der Waals surface area contributed by atoms with Crippen molar-refractivity contribution in [3.05, 3.63) is 46.4 Å². The number of carbonyl (C=O) groups is 2. The number of rotatable bonds is 4. The Labute approximate surface area is 132 Å². The van der Waals surface area contributed by atoms with Crippen molar-refractivity contribution in [2.24, 2.45) is 4.99 Å². The SMILES string of the molecule is O=C(NCc1nc(C2C=CC=NC2=O)no1)c1ccc(Br)o1. The lowest BCUT2D eigenvalue weighted by atomic mass is 10.1. The molecule has 8 nitrogen and oxygen atoms in total. The minimum absolute atomic E-state index is 0.0258. The lowest BCUT2D eigenvalue weighted by Gasteiger charge is -2.04. The van der Waals surface area contributed by atoms with E-state index in [4.69, 9.17) is 8.94 Å². The Kier molecular flexibility index (Phi) is 3.96. The molecule has 112 valence electrons. The molecule has 0 radical (unpaired) electrons. The zero-order chi connectivity index (χ0) is 15.5. The number of aliphatic imine (C=N–C) groups is 1. The number of nitrogens with zero attached hydrogens (tertiary/aromatic N) is 3. The number of halogens is 1. The van der Waals surface area contributed by atoms with E-state index < -0.39 is 11.8 Å². The van der Waals surface area contributed by atoms with Gasteiger partial charge in [-0.25, -0.2) is 4.99 Å². The van der Waals surface area contributed by atoms with Gasteiger partial charge in [-0.05, 0) is 34.1 Å². The fourth-order valence-electron chi connectivity index (χ4n) is 1.78. The van der Waals surface area contributed by atoms with E-state index in [-0.39, 0.29) is 29.9 Å². The third kappa shape index (κ3) is 3.03. The molecular weight excluding hydrogens is 356 g/mol. The van der Waals surface area contributed by atoms with Crippen molar-refractivity contribution in [1.82, 2.24) is 15.5 Å². The summed E-state index contributed by atoms with van der Waals surface area (Å²) in [7, 11) is 0. The van der Waals surface area contributed by atoms with Crippen molar-refractivity contribution < 1.29 is 18.5 Å². The van der Waals surface area contributed by atoms with Crippen molar-refractivity contribution in [1.29, 1.82) is 0 Å². The number of furan rings is 1. The Bertz CT molecular complexity index is 777. The van der Waals surface area contributed by atoms with Gasteiger partial charge in [0.15, 0.2) is 16.3 Å². The van der Waals surface area contributed by atoms with Crippen molar-refractivity contribution in [2.45, 2.75) is 12.5 Å². The third-order valence-corrected chi connectivity index (χ3v) is 3.24. The van der Waals surface area contributed by atoms with E-state index in [1.807, 2.05) is 0 Å². The Morgan fingerprint density at radius 3 is 3.00 bits per heavy atom. The largest absolute Gasteiger partial charge is 0.444 e. The van der Waals surface area contributed by atoms with E-state index in [1.54, 1.807) is 18.2 Å². The summed E-state index contributed by atoms with van der Waals surface area (Å²) in [5.74, 6) is -0.874. The second-order valence-corrected chi connectivity index (χ2v) is 5.09. The highest BCUT2D eigenvalue weighted by Crippen LogP contribution is 2.18. The zero-order valence-electron chi connectivity index (χ0n) is 11.0. The van der Waals surface area contributed by atoms with Crippen molar-refractivity contribution in [3.8, 4) is 0 Å². The van der Waals surface area contributed by atoms with Crippen LogP contribution in [0.1, 0.15) is 28.2 Å². The topological polar surface area (TPSA) is 111 Å². The van der Waals surface area contributed by atoms with Gasteiger partial charge in [0.1, 0.15) is 5.92 Å². The normalized spacial score (nSPS) is 17.0. The summed E-state index contributed by atoms with van der Waals surface area (Å²) in [5, 5.41) is 6.30. The average molecular weight is 365 g/mol. The van der Waals surface area contributed by atoms with E-state index in [9.17, 15) is 9.59 Å². The molecule has 0 aliphatic carbocycles. The highest BCUT2D eigenvalue weighted by atomic mass is 79.9. The van der Waals surface area contributed by atoms with Crippen LogP contribution in [-0.2, 0) is 11.3 Å². The van der Waals surface area contributed by atoms with Crippen molar-refractivity contribution in [3.63, 3.8) is 0 Å². The molecule has 0 saturated carbocycles. The first-order chi connectivity index (χ1) is 10.6. The number of dihydropyridines is 1. The van der Waals surface area contributed by atoms with Gasteiger partial charge in [0.25, 0.3) is 11.8 Å². The molecule has 2 aromatic rings. The molecule has 1 aliphatic rings. The minimum Gasteiger partial charge on any atom is -0.444 e. The molecule has 0 aromatic carbocycles. The van der Waals surface area contributed by atoms with Crippen LogP contribution in [0.15, 0.2) is 42.9 Å². The smallest absolute Gasteiger partial charge is 0.287 e. The number of amides is 2. The summed E-state index contributed by atoms with van der Waals surface area (Å²) in [6.45, 7) is 0.0258. The molecule has 0 bridgehead atoms. The Morgan fingerprint density at radius 2 is 2.27 bits per heavy atom. The van der Waals surface area contributed by atoms with E-state index in [0.29, 0.717) is 4.67 Å². The van der Waals surface area contributed by atoms with Crippen LogP contribution < -0.4 is 5.32 Å². The highest BCUT2D eigenvalue weighted by molar-refractivity contribution is 9.10. The summed E-state index contributed by atoms with van der Waals surface area (Å²) in [4.78, 5) is 31.1. The van der Waals surface area contributed by atoms with Gasteiger partial charge in [-0.3, -0.25) is 9.59 Å². The van der Waals surface area contributed by atoms with Crippen molar-refractivity contribution in [2.75, 3.05) is 0 Å². The number of allylic oxidation sites excluding steroid dienone is 1. The minimum atomic E-state index is -0.653. The van der Waals surface area contributed by atoms with Crippen LogP contribution >= 0.6 is 15.9 Å². The average Bonchev–Trinajstić information content (AvgIpc) is 3.14. The van der Waals surface area contributed by atoms with Crippen molar-refractivity contribution >= 4 is 34.0 Å². The van der Waals surface area contributed by atoms with Crippen LogP contribution in [0, 0.1) is 0 Å². The fourth-order valence-corrected chi connectivity index (χ4v) is 2.09. The zero-order valence-corrected chi connectivity index (χ0v) is 12.6. The van der Waals surface area contributed by atoms with Crippen LogP contribution in [0.2, 0.25) is 0 Å². The van der Waals surface area contributed by atoms with Crippen LogP contribution in [-0.4, -0.2) is 28.2 Å². The number of hydrogen-bond donors (Lipinski definition) is 1. The molecule has 22 heavy (non-hydrogen) atoms. The molecular formula is C13H9BrN4O4. The number of hydrogen-bond acceptors (Lipinski definition) is 6. The Morgan fingerprint density at radius 1 is 1.41 bits per heavy atom. The van der Waals surface area contributed by atoms with Gasteiger partial charge in [0, 0.05) is 6.21 Å². The molecule has 1 unspecified atom stereocenters. The molecule has 1 atom stereocenters. The summed E-state index contributed by atoms with van der Waals surface area (Å²) in [6, 6.07) is 3.14. The molecule has 3 rings (SSSR count). The van der Waals surface area contributed by atoms with E-state index in [1.165, 1.54) is 12.3 Å². The van der Waals surface area contributed by atoms with Crippen LogP contribution in [0.4, 0.5) is 0 Å². The standard InChI is InChI=1S/C13H9BrN4O4/c14-9-4-3-8(21-9)13(20)16-6-10-17-11(18-22-10)7-2-1-5-15-12(7)19/h1-5,7H,6H2,(H,16,20). The maximum Gasteiger partial charge on any atom is 0.287 e. The van der Waals surface area contributed by atoms with Crippen LogP contribution in [0.25, 0.3) is 0 Å². The van der Waals surface area contributed by atoms with E-state index in [0.717, 1.165) is 0 Å². The molecule has 3 heterocycles. The molecule has 9 heteroatoms. The second kappa shape index (κ2) is 6.06. The van der Waals surface area contributed by atoms with E-state index in [2.05, 4.69) is 36.4 Å². The van der Waals surface area contributed by atoms with Gasteiger partial charge in [-0.15, -0.1) is 0 Å². The fraction of sp³-hybridized carbons (Fsp3) is 0.154. The summed E-state index contributed by atoms with van der Waals surface area (Å²) >= 11 is 3.11. The maximum absolute atomic E-state index is 11.8. The summed E-state index contributed by atoms with van der Waals surface area (Å²) in [6.07, 6.45) is 4.67. The number of aromatic nitrogens is 2. The Hall–Kier alpha value is -2.55. The molecule has 0 spiro atoms. The molecule has 0 saturated heterocycles. The van der Waals surface area contributed by atoms with Crippen LogP contribution in [0.3, 0.4) is 0 Å². The Balaban J connectivity index is 1.62. The van der Waals surface area contributed by atoms with E-state index >= 15 is 0 Å². The first-order valence-electron chi connectivity index (χ1n) is 6.24. The molecule has 2 amide bonds. The second-order valence-electron chi connectivity index (χ2n) is 4.31. The van der Waals surface area contributed by atoms with Gasteiger partial charge >= 0.3 is 0 Å². The quantitative estimate of drug-likeness (QED) is 0.881. The maximum atomic E-state index is 11.8. The van der Waals surface area contributed by atoms with Gasteiger partial charge in [-0.2, -0.15) is 4.98 Å². The highest BCUT2D eigenvalue weighted by Gasteiger charge is 2.24. The number of carbonyl (C=O) groups excluding carboxylic acids is 2. The predicted molar refractivity (Wildman–Crippen MR) is 77.3 cm³/mol. The summed E-state index contributed by atoms with van der Waals surface area (Å²) in [5.41, 5.74) is 0. The monoisotopic (exact) mass is 364 g/mol. The first kappa shape index (κ1) is 14.4. The predicted octanol–water partition coefficient (Wildman–Crippen LogP) is 1.61. The van der Waals surface area contributed by atoms with Crippen LogP contribution in [0.5, 0.6) is 0 Å². The van der Waals surface area contributed by atoms with Gasteiger partial charge in [0.2, 0.25) is 5.89 Å². The third-order valence-electron chi connectivity index (χ3n) is 2.82. The van der Waals surface area contributed by atoms with Gasteiger partial charge < -0.3 is 14.3 Å². The molecule has 1 N–H and O–H groups in total. The van der Waals surface area contributed by atoms with Gasteiger partial charge in [-0.1, -0.05) is 11.2 Å². The van der Waals surface area contributed by atoms with Gasteiger partial charge in [0.05, 0.1) is 6.54 Å². The summed E-state index contributed by atoms with van der Waals surface area (Å²) < 4.78 is 10.6. The molecule has 2 aromatic heterocycles. The first-order valence-corrected chi connectivity index (χ1v) is 7.03. The molecule has 1 aliphatic heterocycles. The number of nitrogens with one attached hydrogen (secondary N) is 1. The lowest BCUT2D eigenvalue weighted by Crippen LogP contribution is -2.22. The lowest BCUT2D eigenvalue weighted by molar-refractivity contribution is -0.118. The molecule has 0 fully saturated rings.